The van der Waals surface area contributed by atoms with Crippen molar-refractivity contribution in [1.29, 1.82) is 0 Å². The van der Waals surface area contributed by atoms with Gasteiger partial charge in [-0.05, 0) is 26.2 Å². The number of hydrogen-bond acceptors (Lipinski definition) is 4. The fraction of sp³-hybridized carbons (Fsp3) is 0.667. The molecule has 0 N–H and O–H groups in total. The van der Waals surface area contributed by atoms with Gasteiger partial charge in [-0.15, -0.1) is 0 Å². The fourth-order valence-electron chi connectivity index (χ4n) is 2.68. The van der Waals surface area contributed by atoms with Crippen LogP contribution in [0.25, 0.3) is 0 Å². The first-order chi connectivity index (χ1) is 7.59. The summed E-state index contributed by atoms with van der Waals surface area (Å²) < 4.78 is 10.4. The Morgan fingerprint density at radius 1 is 1.69 bits per heavy atom. The van der Waals surface area contributed by atoms with Crippen molar-refractivity contribution in [3.05, 3.63) is 12.2 Å². The lowest BCUT2D eigenvalue weighted by Crippen LogP contribution is -2.38. The molecule has 2 unspecified atom stereocenters. The molecule has 1 saturated heterocycles. The maximum atomic E-state index is 11.8. The van der Waals surface area contributed by atoms with Gasteiger partial charge in [0.05, 0.1) is 12.5 Å². The Morgan fingerprint density at radius 2 is 2.44 bits per heavy atom. The first kappa shape index (κ1) is 11.2. The van der Waals surface area contributed by atoms with Crippen LogP contribution in [0.4, 0.5) is 0 Å². The number of rotatable bonds is 2. The molecule has 0 aromatic heterocycles. The van der Waals surface area contributed by atoms with Crippen LogP contribution in [0.5, 0.6) is 0 Å². The Hall–Kier alpha value is -1.32. The summed E-state index contributed by atoms with van der Waals surface area (Å²) in [5.74, 6) is -0.922. The van der Waals surface area contributed by atoms with Crippen molar-refractivity contribution in [2.24, 2.45) is 5.92 Å². The summed E-state index contributed by atoms with van der Waals surface area (Å²) >= 11 is 0. The van der Waals surface area contributed by atoms with Crippen LogP contribution in [0, 0.1) is 5.92 Å². The molecule has 2 fully saturated rings. The smallest absolute Gasteiger partial charge is 0.334 e. The van der Waals surface area contributed by atoms with Crippen molar-refractivity contribution in [1.82, 2.24) is 0 Å². The predicted molar refractivity (Wildman–Crippen MR) is 56.6 cm³/mol. The van der Waals surface area contributed by atoms with Crippen LogP contribution in [0.3, 0.4) is 0 Å². The van der Waals surface area contributed by atoms with Crippen molar-refractivity contribution in [2.45, 2.75) is 38.2 Å². The lowest BCUT2D eigenvalue weighted by atomic mass is 9.87. The van der Waals surface area contributed by atoms with Gasteiger partial charge < -0.3 is 9.47 Å². The van der Waals surface area contributed by atoms with Crippen molar-refractivity contribution in [3.8, 4) is 0 Å². The standard InChI is InChI=1S/C12H16O4/c1-3-15-11(14)9-5-4-6-12(9)7-8(2)10(13)16-12/h9H,2-7H2,1H3. The van der Waals surface area contributed by atoms with Crippen LogP contribution in [0.1, 0.15) is 32.6 Å². The molecule has 1 aliphatic heterocycles. The molecule has 0 amide bonds. The normalized spacial score (nSPS) is 33.2. The van der Waals surface area contributed by atoms with Crippen molar-refractivity contribution in [2.75, 3.05) is 6.61 Å². The highest BCUT2D eigenvalue weighted by molar-refractivity contribution is 5.91. The maximum Gasteiger partial charge on any atom is 0.334 e. The summed E-state index contributed by atoms with van der Waals surface area (Å²) in [6.45, 7) is 5.81. The van der Waals surface area contributed by atoms with Crippen molar-refractivity contribution >= 4 is 11.9 Å². The van der Waals surface area contributed by atoms with E-state index in [-0.39, 0.29) is 17.9 Å². The van der Waals surface area contributed by atoms with Crippen LogP contribution in [-0.4, -0.2) is 24.1 Å². The summed E-state index contributed by atoms with van der Waals surface area (Å²) in [6.07, 6.45) is 2.83. The zero-order valence-corrected chi connectivity index (χ0v) is 9.45. The third-order valence-corrected chi connectivity index (χ3v) is 3.40. The van der Waals surface area contributed by atoms with E-state index in [4.69, 9.17) is 9.47 Å². The SMILES string of the molecule is C=C1CC2(CCCC2C(=O)OCC)OC1=O. The van der Waals surface area contributed by atoms with Gasteiger partial charge in [0.15, 0.2) is 0 Å². The van der Waals surface area contributed by atoms with Gasteiger partial charge in [0.1, 0.15) is 5.60 Å². The van der Waals surface area contributed by atoms with E-state index in [9.17, 15) is 9.59 Å². The quantitative estimate of drug-likeness (QED) is 0.528. The molecule has 1 aliphatic carbocycles. The van der Waals surface area contributed by atoms with E-state index in [0.29, 0.717) is 18.6 Å². The van der Waals surface area contributed by atoms with Gasteiger partial charge in [-0.25, -0.2) is 4.79 Å². The van der Waals surface area contributed by atoms with E-state index in [2.05, 4.69) is 6.58 Å². The number of hydrogen-bond donors (Lipinski definition) is 0. The second-order valence-corrected chi connectivity index (χ2v) is 4.43. The van der Waals surface area contributed by atoms with E-state index in [0.717, 1.165) is 19.3 Å². The number of carbonyl (C=O) groups is 2. The molecule has 0 radical (unpaired) electrons. The molecule has 2 aliphatic rings. The summed E-state index contributed by atoms with van der Waals surface area (Å²) in [4.78, 5) is 23.2. The highest BCUT2D eigenvalue weighted by atomic mass is 16.6. The molecule has 1 saturated carbocycles. The molecule has 1 heterocycles. The van der Waals surface area contributed by atoms with Crippen LogP contribution >= 0.6 is 0 Å². The van der Waals surface area contributed by atoms with Gasteiger partial charge in [-0.1, -0.05) is 6.58 Å². The summed E-state index contributed by atoms with van der Waals surface area (Å²) in [5.41, 5.74) is -0.184. The second-order valence-electron chi connectivity index (χ2n) is 4.43. The minimum absolute atomic E-state index is 0.248. The number of esters is 2. The molecule has 88 valence electrons. The summed E-state index contributed by atoms with van der Waals surface area (Å²) in [6, 6.07) is 0. The zero-order valence-electron chi connectivity index (χ0n) is 9.45. The zero-order chi connectivity index (χ0) is 11.8. The first-order valence-electron chi connectivity index (χ1n) is 5.67. The minimum atomic E-state index is -0.652. The molecule has 4 heteroatoms. The lowest BCUT2D eigenvalue weighted by Gasteiger charge is -2.27. The minimum Gasteiger partial charge on any atom is -0.466 e. The first-order valence-corrected chi connectivity index (χ1v) is 5.67. The van der Waals surface area contributed by atoms with E-state index in [1.807, 2.05) is 0 Å². The molecular formula is C12H16O4. The molecule has 0 bridgehead atoms. The van der Waals surface area contributed by atoms with E-state index in [1.165, 1.54) is 0 Å². The Bertz CT molecular complexity index is 329. The van der Waals surface area contributed by atoms with Crippen LogP contribution < -0.4 is 0 Å². The molecule has 0 aromatic carbocycles. The van der Waals surface area contributed by atoms with Gasteiger partial charge in [0.25, 0.3) is 0 Å². The van der Waals surface area contributed by atoms with E-state index < -0.39 is 5.60 Å². The molecule has 1 spiro atoms. The third kappa shape index (κ3) is 1.62. The maximum absolute atomic E-state index is 11.8. The topological polar surface area (TPSA) is 52.6 Å². The molecule has 2 rings (SSSR count). The van der Waals surface area contributed by atoms with Gasteiger partial charge in [-0.2, -0.15) is 0 Å². The van der Waals surface area contributed by atoms with Crippen molar-refractivity contribution < 1.29 is 19.1 Å². The van der Waals surface area contributed by atoms with Gasteiger partial charge >= 0.3 is 11.9 Å². The van der Waals surface area contributed by atoms with E-state index >= 15 is 0 Å². The largest absolute Gasteiger partial charge is 0.466 e. The van der Waals surface area contributed by atoms with Crippen LogP contribution in [0.2, 0.25) is 0 Å². The molecule has 2 atom stereocenters. The Labute approximate surface area is 94.6 Å². The number of ether oxygens (including phenoxy) is 2. The number of carbonyl (C=O) groups excluding carboxylic acids is 2. The van der Waals surface area contributed by atoms with E-state index in [1.54, 1.807) is 6.92 Å². The van der Waals surface area contributed by atoms with Crippen LogP contribution in [-0.2, 0) is 19.1 Å². The molecule has 4 nitrogen and oxygen atoms in total. The highest BCUT2D eigenvalue weighted by Crippen LogP contribution is 2.47. The highest BCUT2D eigenvalue weighted by Gasteiger charge is 2.54. The monoisotopic (exact) mass is 224 g/mol. The summed E-state index contributed by atoms with van der Waals surface area (Å²) in [5, 5.41) is 0. The Balaban J connectivity index is 2.17. The Kier molecular flexibility index (Phi) is 2.74. The second kappa shape index (κ2) is 3.92. The molecular weight excluding hydrogens is 208 g/mol. The van der Waals surface area contributed by atoms with Crippen LogP contribution in [0.15, 0.2) is 12.2 Å². The Morgan fingerprint density at radius 3 is 3.00 bits per heavy atom. The average molecular weight is 224 g/mol. The molecule has 0 aromatic rings. The third-order valence-electron chi connectivity index (χ3n) is 3.40. The van der Waals surface area contributed by atoms with Gasteiger partial charge in [0, 0.05) is 12.0 Å². The van der Waals surface area contributed by atoms with Gasteiger partial charge in [0.2, 0.25) is 0 Å². The average Bonchev–Trinajstić information content (AvgIpc) is 2.73. The van der Waals surface area contributed by atoms with Crippen molar-refractivity contribution in [3.63, 3.8) is 0 Å². The fourth-order valence-corrected chi connectivity index (χ4v) is 2.68. The predicted octanol–water partition coefficient (Wildman–Crippen LogP) is 1.59. The molecule has 16 heavy (non-hydrogen) atoms. The van der Waals surface area contributed by atoms with Gasteiger partial charge in [-0.3, -0.25) is 4.79 Å². The lowest BCUT2D eigenvalue weighted by molar-refractivity contribution is -0.163. The summed E-state index contributed by atoms with van der Waals surface area (Å²) in [7, 11) is 0.